The lowest BCUT2D eigenvalue weighted by atomic mass is 10.1. The van der Waals surface area contributed by atoms with E-state index in [9.17, 15) is 19.1 Å². The Bertz CT molecular complexity index is 863. The zero-order valence-electron chi connectivity index (χ0n) is 15.5. The molecule has 1 aromatic carbocycles. The first kappa shape index (κ1) is 19.0. The molecule has 0 unspecified atom stereocenters. The number of aryl methyl sites for hydroxylation is 1. The smallest absolute Gasteiger partial charge is 0.334 e. The van der Waals surface area contributed by atoms with Crippen molar-refractivity contribution in [3.05, 3.63) is 47.0 Å². The molecule has 1 saturated heterocycles. The number of aliphatic carboxylic acids is 1. The summed E-state index contributed by atoms with van der Waals surface area (Å²) in [5, 5.41) is 13.7. The number of amides is 1. The highest BCUT2D eigenvalue weighted by atomic mass is 19.1. The molecule has 1 N–H and O–H groups in total. The van der Waals surface area contributed by atoms with Gasteiger partial charge in [0.15, 0.2) is 6.10 Å². The number of morpholine rings is 1. The average Bonchev–Trinajstić information content (AvgIpc) is 2.90. The van der Waals surface area contributed by atoms with Gasteiger partial charge in [-0.2, -0.15) is 5.10 Å². The van der Waals surface area contributed by atoms with E-state index in [1.807, 2.05) is 13.8 Å². The fraction of sp³-hybridized carbons (Fsp3) is 0.421. The minimum absolute atomic E-state index is 0.0305. The van der Waals surface area contributed by atoms with Gasteiger partial charge in [-0.1, -0.05) is 0 Å². The number of hydrogen-bond acceptors (Lipinski definition) is 4. The molecule has 1 amide bonds. The molecular formula is C19H22FN3O4. The number of aromatic nitrogens is 2. The van der Waals surface area contributed by atoms with Crippen LogP contribution in [0.1, 0.15) is 23.9 Å². The molecule has 3 rings (SSSR count). The lowest BCUT2D eigenvalue weighted by Crippen LogP contribution is -2.52. The summed E-state index contributed by atoms with van der Waals surface area (Å²) in [4.78, 5) is 25.5. The van der Waals surface area contributed by atoms with Crippen molar-refractivity contribution in [1.82, 2.24) is 14.7 Å². The molecule has 144 valence electrons. The predicted molar refractivity (Wildman–Crippen MR) is 95.3 cm³/mol. The van der Waals surface area contributed by atoms with E-state index in [1.54, 1.807) is 23.7 Å². The maximum absolute atomic E-state index is 13.2. The number of rotatable bonds is 4. The summed E-state index contributed by atoms with van der Waals surface area (Å²) in [6, 6.07) is 5.97. The molecule has 0 radical (unpaired) electrons. The summed E-state index contributed by atoms with van der Waals surface area (Å²) < 4.78 is 20.2. The van der Waals surface area contributed by atoms with Crippen molar-refractivity contribution in [2.24, 2.45) is 0 Å². The van der Waals surface area contributed by atoms with Crippen molar-refractivity contribution in [3.63, 3.8) is 0 Å². The highest BCUT2D eigenvalue weighted by molar-refractivity contribution is 5.81. The van der Waals surface area contributed by atoms with Crippen molar-refractivity contribution < 1.29 is 23.8 Å². The molecule has 1 aromatic heterocycles. The Morgan fingerprint density at radius 2 is 1.93 bits per heavy atom. The molecule has 0 spiro atoms. The molecule has 7 nitrogen and oxygen atoms in total. The van der Waals surface area contributed by atoms with Crippen LogP contribution in [0.3, 0.4) is 0 Å². The molecule has 2 aromatic rings. The van der Waals surface area contributed by atoms with Crippen molar-refractivity contribution in [1.29, 1.82) is 0 Å². The number of hydrogen-bond donors (Lipinski definition) is 1. The Hall–Kier alpha value is -2.74. The van der Waals surface area contributed by atoms with Crippen LogP contribution in [0.25, 0.3) is 5.69 Å². The van der Waals surface area contributed by atoms with Crippen molar-refractivity contribution in [2.75, 3.05) is 13.1 Å². The van der Waals surface area contributed by atoms with E-state index in [4.69, 9.17) is 4.74 Å². The fourth-order valence-electron chi connectivity index (χ4n) is 3.32. The van der Waals surface area contributed by atoms with Crippen LogP contribution in [0.15, 0.2) is 24.3 Å². The van der Waals surface area contributed by atoms with Crippen LogP contribution < -0.4 is 0 Å². The molecule has 1 aliphatic heterocycles. The van der Waals surface area contributed by atoms with E-state index in [-0.39, 0.29) is 30.8 Å². The number of carbonyl (C=O) groups excluding carboxylic acids is 1. The number of carboxylic acids is 1. The van der Waals surface area contributed by atoms with Crippen molar-refractivity contribution >= 4 is 11.9 Å². The lowest BCUT2D eigenvalue weighted by molar-refractivity contribution is -0.166. The number of halogens is 1. The molecule has 0 saturated carbocycles. The van der Waals surface area contributed by atoms with Crippen molar-refractivity contribution in [3.8, 4) is 5.69 Å². The van der Waals surface area contributed by atoms with E-state index in [1.165, 1.54) is 17.0 Å². The number of carboxylic acid groups (broad SMARTS) is 1. The topological polar surface area (TPSA) is 84.7 Å². The van der Waals surface area contributed by atoms with Crippen molar-refractivity contribution in [2.45, 2.75) is 39.4 Å². The second kappa shape index (κ2) is 7.48. The minimum atomic E-state index is -1.07. The van der Waals surface area contributed by atoms with Gasteiger partial charge in [-0.25, -0.2) is 13.9 Å². The van der Waals surface area contributed by atoms with Gasteiger partial charge in [0.05, 0.1) is 30.5 Å². The number of carbonyl (C=O) groups is 2. The van der Waals surface area contributed by atoms with Gasteiger partial charge in [0.2, 0.25) is 5.91 Å². The summed E-state index contributed by atoms with van der Waals surface area (Å²) in [5.74, 6) is -1.57. The Morgan fingerprint density at radius 3 is 2.56 bits per heavy atom. The third kappa shape index (κ3) is 4.00. The molecule has 1 aliphatic rings. The van der Waals surface area contributed by atoms with E-state index in [2.05, 4.69) is 5.10 Å². The zero-order chi connectivity index (χ0) is 19.7. The van der Waals surface area contributed by atoms with E-state index in [0.717, 1.165) is 11.3 Å². The molecular weight excluding hydrogens is 353 g/mol. The largest absolute Gasteiger partial charge is 0.479 e. The summed E-state index contributed by atoms with van der Waals surface area (Å²) in [6.07, 6.45) is -1.23. The monoisotopic (exact) mass is 375 g/mol. The normalized spacial score (nSPS) is 19.9. The van der Waals surface area contributed by atoms with Crippen LogP contribution >= 0.6 is 0 Å². The predicted octanol–water partition coefficient (Wildman–Crippen LogP) is 1.87. The molecule has 0 aliphatic carbocycles. The fourth-order valence-corrected chi connectivity index (χ4v) is 3.32. The quantitative estimate of drug-likeness (QED) is 0.882. The highest BCUT2D eigenvalue weighted by Crippen LogP contribution is 2.20. The second-order valence-corrected chi connectivity index (χ2v) is 6.79. The molecule has 2 heterocycles. The van der Waals surface area contributed by atoms with Gasteiger partial charge in [0.1, 0.15) is 5.82 Å². The summed E-state index contributed by atoms with van der Waals surface area (Å²) >= 11 is 0. The van der Waals surface area contributed by atoms with Gasteiger partial charge < -0.3 is 14.7 Å². The molecule has 27 heavy (non-hydrogen) atoms. The maximum atomic E-state index is 13.2. The second-order valence-electron chi connectivity index (χ2n) is 6.79. The first-order chi connectivity index (χ1) is 12.8. The average molecular weight is 375 g/mol. The van der Waals surface area contributed by atoms with Crippen LogP contribution in [0.4, 0.5) is 4.39 Å². The van der Waals surface area contributed by atoms with Gasteiger partial charge in [-0.3, -0.25) is 4.79 Å². The van der Waals surface area contributed by atoms with E-state index in [0.29, 0.717) is 17.9 Å². The Kier molecular flexibility index (Phi) is 5.27. The molecule has 2 atom stereocenters. The molecule has 8 heteroatoms. The third-order valence-corrected chi connectivity index (χ3v) is 4.73. The van der Waals surface area contributed by atoms with Gasteiger partial charge >= 0.3 is 5.97 Å². The maximum Gasteiger partial charge on any atom is 0.334 e. The van der Waals surface area contributed by atoms with Crippen LogP contribution in [-0.4, -0.2) is 57.0 Å². The first-order valence-electron chi connectivity index (χ1n) is 8.73. The molecule has 0 bridgehead atoms. The Balaban J connectivity index is 1.80. The standard InChI is InChI=1S/C19H22FN3O4/c1-11-9-22(10-17(27-11)19(25)26)18(24)8-16-12(2)21-23(13(16)3)15-6-4-14(20)5-7-15/h4-7,11,17H,8-10H2,1-3H3,(H,25,26)/t11-,17+/m1/s1. The summed E-state index contributed by atoms with van der Waals surface area (Å²) in [5.41, 5.74) is 3.00. The zero-order valence-corrected chi connectivity index (χ0v) is 15.5. The SMILES string of the molecule is Cc1nn(-c2ccc(F)cc2)c(C)c1CC(=O)N1C[C@@H](C)O[C@H](C(=O)O)C1. The number of benzene rings is 1. The molecule has 1 fully saturated rings. The number of ether oxygens (including phenoxy) is 1. The third-order valence-electron chi connectivity index (χ3n) is 4.73. The van der Waals surface area contributed by atoms with Crippen LogP contribution in [0.2, 0.25) is 0 Å². The van der Waals surface area contributed by atoms with Gasteiger partial charge in [-0.15, -0.1) is 0 Å². The highest BCUT2D eigenvalue weighted by Gasteiger charge is 2.33. The Morgan fingerprint density at radius 1 is 1.26 bits per heavy atom. The lowest BCUT2D eigenvalue weighted by Gasteiger charge is -2.35. The van der Waals surface area contributed by atoms with Crippen LogP contribution in [0, 0.1) is 19.7 Å². The summed E-state index contributed by atoms with van der Waals surface area (Å²) in [7, 11) is 0. The minimum Gasteiger partial charge on any atom is -0.479 e. The first-order valence-corrected chi connectivity index (χ1v) is 8.73. The van der Waals surface area contributed by atoms with Gasteiger partial charge in [-0.05, 0) is 45.0 Å². The van der Waals surface area contributed by atoms with Gasteiger partial charge in [0.25, 0.3) is 0 Å². The van der Waals surface area contributed by atoms with Crippen LogP contribution in [-0.2, 0) is 20.7 Å². The summed E-state index contributed by atoms with van der Waals surface area (Å²) in [6.45, 7) is 5.81. The van der Waals surface area contributed by atoms with Gasteiger partial charge in [0, 0.05) is 17.8 Å². The van der Waals surface area contributed by atoms with E-state index >= 15 is 0 Å². The van der Waals surface area contributed by atoms with E-state index < -0.39 is 12.1 Å². The Labute approximate surface area is 156 Å². The number of nitrogens with zero attached hydrogens (tertiary/aromatic N) is 3. The van der Waals surface area contributed by atoms with Crippen LogP contribution in [0.5, 0.6) is 0 Å².